The third kappa shape index (κ3) is 4.88. The van der Waals surface area contributed by atoms with Gasteiger partial charge < -0.3 is 5.32 Å². The Hall–Kier alpha value is -0.410. The van der Waals surface area contributed by atoms with Crippen LogP contribution in [0.2, 0.25) is 0 Å². The predicted octanol–water partition coefficient (Wildman–Crippen LogP) is 4.92. The molecule has 0 amide bonds. The van der Waals surface area contributed by atoms with Gasteiger partial charge in [0.15, 0.2) is 0 Å². The van der Waals surface area contributed by atoms with Gasteiger partial charge >= 0.3 is 0 Å². The lowest BCUT2D eigenvalue weighted by molar-refractivity contribution is 0.552. The normalized spacial score (nSPS) is 12.1. The Kier molecular flexibility index (Phi) is 7.01. The average molecular weight is 282 g/mol. The van der Waals surface area contributed by atoms with Crippen molar-refractivity contribution in [3.05, 3.63) is 15.6 Å². The largest absolute Gasteiger partial charge is 0.312 e. The van der Waals surface area contributed by atoms with Gasteiger partial charge in [0.05, 0.1) is 10.7 Å². The molecule has 2 nitrogen and oxygen atoms in total. The fourth-order valence-corrected chi connectivity index (χ4v) is 3.70. The first-order valence-electron chi connectivity index (χ1n) is 7.69. The SMILES string of the molecule is CCC(CC)c1nc(C(C)C)c(CNCC(C)C)s1. The number of hydrogen-bond acceptors (Lipinski definition) is 3. The van der Waals surface area contributed by atoms with Gasteiger partial charge in [-0.2, -0.15) is 0 Å². The van der Waals surface area contributed by atoms with Gasteiger partial charge in [0.2, 0.25) is 0 Å². The van der Waals surface area contributed by atoms with Gasteiger partial charge in [-0.05, 0) is 31.2 Å². The third-order valence-electron chi connectivity index (χ3n) is 3.46. The second-order valence-electron chi connectivity index (χ2n) is 6.05. The van der Waals surface area contributed by atoms with Gasteiger partial charge in [0, 0.05) is 17.3 Å². The molecule has 19 heavy (non-hydrogen) atoms. The Balaban J connectivity index is 2.82. The molecule has 0 bridgehead atoms. The summed E-state index contributed by atoms with van der Waals surface area (Å²) in [5.74, 6) is 1.87. The second kappa shape index (κ2) is 8.01. The van der Waals surface area contributed by atoms with Crippen molar-refractivity contribution in [1.29, 1.82) is 0 Å². The van der Waals surface area contributed by atoms with Crippen molar-refractivity contribution in [1.82, 2.24) is 10.3 Å². The summed E-state index contributed by atoms with van der Waals surface area (Å²) in [6.07, 6.45) is 2.39. The molecule has 1 aromatic heterocycles. The van der Waals surface area contributed by atoms with Gasteiger partial charge in [0.1, 0.15) is 0 Å². The molecular weight excluding hydrogens is 252 g/mol. The summed E-state index contributed by atoms with van der Waals surface area (Å²) in [4.78, 5) is 6.37. The molecule has 0 saturated heterocycles. The number of nitrogens with zero attached hydrogens (tertiary/aromatic N) is 1. The van der Waals surface area contributed by atoms with Crippen LogP contribution >= 0.6 is 11.3 Å². The lowest BCUT2D eigenvalue weighted by Gasteiger charge is -2.08. The quantitative estimate of drug-likeness (QED) is 0.732. The fourth-order valence-electron chi connectivity index (χ4n) is 2.25. The Morgan fingerprint density at radius 2 is 1.74 bits per heavy atom. The minimum Gasteiger partial charge on any atom is -0.312 e. The molecular formula is C16H30N2S. The zero-order valence-corrected chi connectivity index (χ0v) is 14.2. The van der Waals surface area contributed by atoms with Crippen molar-refractivity contribution in [3.8, 4) is 0 Å². The lowest BCUT2D eigenvalue weighted by Crippen LogP contribution is -2.19. The number of nitrogens with one attached hydrogen (secondary N) is 1. The van der Waals surface area contributed by atoms with E-state index in [9.17, 15) is 0 Å². The van der Waals surface area contributed by atoms with Crippen LogP contribution in [0, 0.1) is 5.92 Å². The van der Waals surface area contributed by atoms with Crippen molar-refractivity contribution in [3.63, 3.8) is 0 Å². The highest BCUT2D eigenvalue weighted by molar-refractivity contribution is 7.11. The van der Waals surface area contributed by atoms with Crippen LogP contribution in [0.15, 0.2) is 0 Å². The lowest BCUT2D eigenvalue weighted by atomic mass is 10.0. The smallest absolute Gasteiger partial charge is 0.0962 e. The summed E-state index contributed by atoms with van der Waals surface area (Å²) < 4.78 is 0. The molecule has 110 valence electrons. The van der Waals surface area contributed by atoms with Crippen LogP contribution in [-0.2, 0) is 6.54 Å². The van der Waals surface area contributed by atoms with Crippen LogP contribution in [0.5, 0.6) is 0 Å². The van der Waals surface area contributed by atoms with E-state index in [0.717, 1.165) is 13.1 Å². The van der Waals surface area contributed by atoms with Crippen molar-refractivity contribution in [2.24, 2.45) is 5.92 Å². The molecule has 3 heteroatoms. The first kappa shape index (κ1) is 16.6. The standard InChI is InChI=1S/C16H30N2S/c1-7-13(8-2)16-18-15(12(5)6)14(19-16)10-17-9-11(3)4/h11-13,17H,7-10H2,1-6H3. The van der Waals surface area contributed by atoms with Crippen molar-refractivity contribution in [2.75, 3.05) is 6.54 Å². The van der Waals surface area contributed by atoms with E-state index in [2.05, 4.69) is 46.9 Å². The number of thiazole rings is 1. The molecule has 0 aromatic carbocycles. The molecule has 0 unspecified atom stereocenters. The minimum atomic E-state index is 0.523. The zero-order chi connectivity index (χ0) is 14.4. The molecule has 1 heterocycles. The molecule has 0 aliphatic heterocycles. The maximum absolute atomic E-state index is 4.93. The third-order valence-corrected chi connectivity index (χ3v) is 4.70. The second-order valence-corrected chi connectivity index (χ2v) is 7.17. The van der Waals surface area contributed by atoms with Crippen LogP contribution in [-0.4, -0.2) is 11.5 Å². The van der Waals surface area contributed by atoms with Crippen molar-refractivity contribution >= 4 is 11.3 Å². The van der Waals surface area contributed by atoms with Gasteiger partial charge in [-0.25, -0.2) is 4.98 Å². The van der Waals surface area contributed by atoms with Crippen LogP contribution in [0.3, 0.4) is 0 Å². The van der Waals surface area contributed by atoms with E-state index in [-0.39, 0.29) is 0 Å². The molecule has 1 aromatic rings. The van der Waals surface area contributed by atoms with Crippen LogP contribution in [0.1, 0.15) is 81.8 Å². The molecule has 0 aliphatic rings. The molecule has 0 fully saturated rings. The van der Waals surface area contributed by atoms with Crippen molar-refractivity contribution < 1.29 is 0 Å². The van der Waals surface area contributed by atoms with E-state index in [1.165, 1.54) is 28.4 Å². The van der Waals surface area contributed by atoms with E-state index in [1.807, 2.05) is 11.3 Å². The first-order valence-corrected chi connectivity index (χ1v) is 8.51. The van der Waals surface area contributed by atoms with Gasteiger partial charge in [-0.1, -0.05) is 41.5 Å². The maximum atomic E-state index is 4.93. The molecule has 1 rings (SSSR count). The summed E-state index contributed by atoms with van der Waals surface area (Å²) in [7, 11) is 0. The summed E-state index contributed by atoms with van der Waals surface area (Å²) in [6.45, 7) is 15.6. The molecule has 0 aliphatic carbocycles. The predicted molar refractivity (Wildman–Crippen MR) is 86.1 cm³/mol. The van der Waals surface area contributed by atoms with Crippen LogP contribution in [0.25, 0.3) is 0 Å². The summed E-state index contributed by atoms with van der Waals surface area (Å²) >= 11 is 1.92. The summed E-state index contributed by atoms with van der Waals surface area (Å²) in [5.41, 5.74) is 1.31. The summed E-state index contributed by atoms with van der Waals surface area (Å²) in [5, 5.41) is 4.90. The van der Waals surface area contributed by atoms with Crippen LogP contribution < -0.4 is 5.32 Å². The van der Waals surface area contributed by atoms with E-state index < -0.39 is 0 Å². The van der Waals surface area contributed by atoms with Gasteiger partial charge in [-0.15, -0.1) is 11.3 Å². The average Bonchev–Trinajstić information content (AvgIpc) is 2.74. The van der Waals surface area contributed by atoms with E-state index in [0.29, 0.717) is 17.8 Å². The molecule has 0 spiro atoms. The van der Waals surface area contributed by atoms with E-state index in [4.69, 9.17) is 4.98 Å². The molecule has 0 saturated carbocycles. The number of rotatable bonds is 8. The Morgan fingerprint density at radius 3 is 2.21 bits per heavy atom. The first-order chi connectivity index (χ1) is 8.99. The van der Waals surface area contributed by atoms with Crippen molar-refractivity contribution in [2.45, 2.75) is 72.8 Å². The van der Waals surface area contributed by atoms with E-state index in [1.54, 1.807) is 0 Å². The fraction of sp³-hybridized carbons (Fsp3) is 0.812. The van der Waals surface area contributed by atoms with Gasteiger partial charge in [0.25, 0.3) is 0 Å². The maximum Gasteiger partial charge on any atom is 0.0962 e. The highest BCUT2D eigenvalue weighted by Crippen LogP contribution is 2.32. The Bertz CT molecular complexity index is 365. The van der Waals surface area contributed by atoms with E-state index >= 15 is 0 Å². The van der Waals surface area contributed by atoms with Gasteiger partial charge in [-0.3, -0.25) is 0 Å². The van der Waals surface area contributed by atoms with Crippen LogP contribution in [0.4, 0.5) is 0 Å². The Morgan fingerprint density at radius 1 is 1.11 bits per heavy atom. The minimum absolute atomic E-state index is 0.523. The molecule has 0 atom stereocenters. The summed E-state index contributed by atoms with van der Waals surface area (Å²) in [6, 6.07) is 0. The Labute approximate surface area is 123 Å². The molecule has 0 radical (unpaired) electrons. The number of hydrogen-bond donors (Lipinski definition) is 1. The highest BCUT2D eigenvalue weighted by Gasteiger charge is 2.18. The highest BCUT2D eigenvalue weighted by atomic mass is 32.1. The topological polar surface area (TPSA) is 24.9 Å². The monoisotopic (exact) mass is 282 g/mol. The molecule has 1 N–H and O–H groups in total. The number of aromatic nitrogens is 1. The zero-order valence-electron chi connectivity index (χ0n) is 13.4.